The normalized spacial score (nSPS) is 19.6. The van der Waals surface area contributed by atoms with Crippen molar-refractivity contribution in [3.8, 4) is 11.8 Å². The Bertz CT molecular complexity index is 896. The Kier molecular flexibility index (Phi) is 10.4. The SMILES string of the molecule is CCOCCOCC#Cc1ccc2c(c1)CCN(C=O)/C2=C\C(=NC)OC[C@@H]1COCCO1. The van der Waals surface area contributed by atoms with Crippen molar-refractivity contribution in [1.82, 2.24) is 4.90 Å². The first-order chi connectivity index (χ1) is 16.2. The number of hydrogen-bond donors (Lipinski definition) is 0. The van der Waals surface area contributed by atoms with Crippen LogP contribution in [0.1, 0.15) is 23.6 Å². The van der Waals surface area contributed by atoms with Gasteiger partial charge in [0.2, 0.25) is 12.3 Å². The minimum Gasteiger partial charge on any atom is -0.475 e. The molecule has 2 heterocycles. The van der Waals surface area contributed by atoms with Crippen LogP contribution in [0.4, 0.5) is 0 Å². The molecule has 1 amide bonds. The summed E-state index contributed by atoms with van der Waals surface area (Å²) in [6.07, 6.45) is 3.26. The fourth-order valence-corrected chi connectivity index (χ4v) is 3.54. The molecule has 8 nitrogen and oxygen atoms in total. The zero-order chi connectivity index (χ0) is 23.3. The van der Waals surface area contributed by atoms with Gasteiger partial charge in [0.1, 0.15) is 19.3 Å². The second-order valence-electron chi connectivity index (χ2n) is 7.44. The van der Waals surface area contributed by atoms with E-state index in [2.05, 4.69) is 22.9 Å². The maximum absolute atomic E-state index is 11.7. The van der Waals surface area contributed by atoms with Crippen molar-refractivity contribution in [2.45, 2.75) is 19.4 Å². The zero-order valence-electron chi connectivity index (χ0n) is 19.4. The number of carbonyl (C=O) groups excluding carboxylic acids is 1. The van der Waals surface area contributed by atoms with E-state index >= 15 is 0 Å². The Balaban J connectivity index is 1.68. The van der Waals surface area contributed by atoms with Gasteiger partial charge in [0.15, 0.2) is 0 Å². The molecule has 1 aromatic carbocycles. The smallest absolute Gasteiger partial charge is 0.214 e. The molecule has 33 heavy (non-hydrogen) atoms. The van der Waals surface area contributed by atoms with Crippen molar-refractivity contribution in [2.75, 3.05) is 66.4 Å². The van der Waals surface area contributed by atoms with Crippen molar-refractivity contribution < 1.29 is 28.5 Å². The molecule has 2 aliphatic rings. The highest BCUT2D eigenvalue weighted by atomic mass is 16.6. The fraction of sp³-hybridized carbons (Fsp3) is 0.520. The molecule has 0 spiro atoms. The van der Waals surface area contributed by atoms with Crippen molar-refractivity contribution in [1.29, 1.82) is 0 Å². The van der Waals surface area contributed by atoms with Crippen molar-refractivity contribution in [2.24, 2.45) is 4.99 Å². The van der Waals surface area contributed by atoms with Crippen LogP contribution in [0.5, 0.6) is 0 Å². The lowest BCUT2D eigenvalue weighted by atomic mass is 9.94. The standard InChI is InChI=1S/C25H32N2O6/c1-3-29-11-12-30-10-4-5-20-6-7-23-21(15-20)8-9-27(19-28)24(23)16-25(26-2)33-18-22-17-31-13-14-32-22/h6-7,15-16,19,22H,3,8-14,17-18H2,1-2H3/b24-16-,26-25?/t22-/m0/s1. The van der Waals surface area contributed by atoms with Gasteiger partial charge >= 0.3 is 0 Å². The van der Waals surface area contributed by atoms with E-state index in [0.717, 1.165) is 35.2 Å². The predicted molar refractivity (Wildman–Crippen MR) is 125 cm³/mol. The molecule has 0 aliphatic carbocycles. The largest absolute Gasteiger partial charge is 0.475 e. The van der Waals surface area contributed by atoms with Crippen LogP contribution in [-0.2, 0) is 34.9 Å². The van der Waals surface area contributed by atoms with Gasteiger partial charge in [0.25, 0.3) is 0 Å². The predicted octanol–water partition coefficient (Wildman–Crippen LogP) is 1.91. The van der Waals surface area contributed by atoms with E-state index in [1.54, 1.807) is 18.0 Å². The first-order valence-corrected chi connectivity index (χ1v) is 11.2. The minimum atomic E-state index is -0.126. The highest BCUT2D eigenvalue weighted by Crippen LogP contribution is 2.28. The van der Waals surface area contributed by atoms with Crippen molar-refractivity contribution >= 4 is 18.0 Å². The van der Waals surface area contributed by atoms with Crippen LogP contribution < -0.4 is 0 Å². The van der Waals surface area contributed by atoms with Crippen LogP contribution >= 0.6 is 0 Å². The number of hydrogen-bond acceptors (Lipinski definition) is 7. The summed E-state index contributed by atoms with van der Waals surface area (Å²) in [7, 11) is 1.66. The number of carbonyl (C=O) groups is 1. The van der Waals surface area contributed by atoms with Crippen molar-refractivity contribution in [3.63, 3.8) is 0 Å². The lowest BCUT2D eigenvalue weighted by Crippen LogP contribution is -2.33. The molecule has 0 radical (unpaired) electrons. The molecule has 0 saturated carbocycles. The van der Waals surface area contributed by atoms with Gasteiger partial charge in [-0.15, -0.1) is 0 Å². The maximum Gasteiger partial charge on any atom is 0.214 e. The molecule has 0 N–H and O–H groups in total. The Morgan fingerprint density at radius 3 is 2.94 bits per heavy atom. The molecular formula is C25H32N2O6. The summed E-state index contributed by atoms with van der Waals surface area (Å²) in [5.74, 6) is 6.61. The summed E-state index contributed by atoms with van der Waals surface area (Å²) >= 11 is 0. The van der Waals surface area contributed by atoms with Gasteiger partial charge in [-0.1, -0.05) is 17.9 Å². The van der Waals surface area contributed by atoms with Crippen LogP contribution in [0.3, 0.4) is 0 Å². The van der Waals surface area contributed by atoms with Crippen LogP contribution in [0.15, 0.2) is 29.3 Å². The van der Waals surface area contributed by atoms with Crippen LogP contribution in [0.25, 0.3) is 5.70 Å². The molecule has 1 atom stereocenters. The zero-order valence-corrected chi connectivity index (χ0v) is 19.4. The monoisotopic (exact) mass is 456 g/mol. The molecule has 1 fully saturated rings. The molecule has 8 heteroatoms. The number of amides is 1. The average molecular weight is 457 g/mol. The van der Waals surface area contributed by atoms with Gasteiger partial charge in [-0.05, 0) is 31.0 Å². The summed E-state index contributed by atoms with van der Waals surface area (Å²) in [4.78, 5) is 17.6. The summed E-state index contributed by atoms with van der Waals surface area (Å²) in [5.41, 5.74) is 3.76. The van der Waals surface area contributed by atoms with Crippen molar-refractivity contribution in [3.05, 3.63) is 41.0 Å². The number of aliphatic imine (C=N–C) groups is 1. The third-order valence-electron chi connectivity index (χ3n) is 5.21. The summed E-state index contributed by atoms with van der Waals surface area (Å²) in [6.45, 7) is 6.69. The van der Waals surface area contributed by atoms with E-state index in [-0.39, 0.29) is 6.10 Å². The molecule has 178 valence electrons. The fourth-order valence-electron chi connectivity index (χ4n) is 3.54. The van der Waals surface area contributed by atoms with E-state index in [1.807, 2.05) is 19.1 Å². The third kappa shape index (κ3) is 7.69. The summed E-state index contributed by atoms with van der Waals surface area (Å²) in [5, 5.41) is 0. The Morgan fingerprint density at radius 2 is 2.18 bits per heavy atom. The number of rotatable bonds is 9. The molecule has 0 aromatic heterocycles. The molecule has 1 saturated heterocycles. The first-order valence-electron chi connectivity index (χ1n) is 11.2. The topological polar surface area (TPSA) is 78.8 Å². The van der Waals surface area contributed by atoms with E-state index in [9.17, 15) is 4.79 Å². The molecule has 2 aliphatic heterocycles. The van der Waals surface area contributed by atoms with Gasteiger partial charge < -0.3 is 28.6 Å². The second kappa shape index (κ2) is 13.8. The van der Waals surface area contributed by atoms with Gasteiger partial charge in [0, 0.05) is 37.4 Å². The molecule has 3 rings (SSSR count). The number of nitrogens with zero attached hydrogens (tertiary/aromatic N) is 2. The molecular weight excluding hydrogens is 424 g/mol. The quantitative estimate of drug-likeness (QED) is 0.186. The van der Waals surface area contributed by atoms with Crippen LogP contribution in [0.2, 0.25) is 0 Å². The van der Waals surface area contributed by atoms with Gasteiger partial charge in [-0.2, -0.15) is 0 Å². The van der Waals surface area contributed by atoms with Crippen LogP contribution in [-0.4, -0.2) is 89.8 Å². The Hall–Kier alpha value is -2.70. The summed E-state index contributed by atoms with van der Waals surface area (Å²) in [6, 6.07) is 6.00. The van der Waals surface area contributed by atoms with E-state index < -0.39 is 0 Å². The highest BCUT2D eigenvalue weighted by molar-refractivity contribution is 5.97. The number of benzene rings is 1. The van der Waals surface area contributed by atoms with E-state index in [1.165, 1.54) is 0 Å². The lowest BCUT2D eigenvalue weighted by Gasteiger charge is -2.29. The minimum absolute atomic E-state index is 0.126. The average Bonchev–Trinajstić information content (AvgIpc) is 2.86. The third-order valence-corrected chi connectivity index (χ3v) is 5.21. The Labute approximate surface area is 195 Å². The maximum atomic E-state index is 11.7. The molecule has 0 bridgehead atoms. The van der Waals surface area contributed by atoms with Crippen LogP contribution in [0, 0.1) is 11.8 Å². The molecule has 0 unspecified atom stereocenters. The number of fused-ring (bicyclic) bond motifs is 1. The highest BCUT2D eigenvalue weighted by Gasteiger charge is 2.22. The van der Waals surface area contributed by atoms with Gasteiger partial charge in [0.05, 0.1) is 38.7 Å². The lowest BCUT2D eigenvalue weighted by molar-refractivity contribution is -0.115. The second-order valence-corrected chi connectivity index (χ2v) is 7.44. The Morgan fingerprint density at radius 1 is 1.30 bits per heavy atom. The summed E-state index contributed by atoms with van der Waals surface area (Å²) < 4.78 is 27.5. The molecule has 1 aromatic rings. The van der Waals surface area contributed by atoms with Gasteiger partial charge in [-0.3, -0.25) is 9.79 Å². The van der Waals surface area contributed by atoms with E-state index in [4.69, 9.17) is 23.7 Å². The van der Waals surface area contributed by atoms with E-state index in [0.29, 0.717) is 65.3 Å². The number of ether oxygens (including phenoxy) is 5. The first kappa shape index (κ1) is 24.9. The van der Waals surface area contributed by atoms with Gasteiger partial charge in [-0.25, -0.2) is 0 Å².